The molecule has 0 atom stereocenters. The Morgan fingerprint density at radius 2 is 1.00 bits per heavy atom. The second-order valence-corrected chi connectivity index (χ2v) is 9.75. The molecule has 32 heavy (non-hydrogen) atoms. The minimum absolute atomic E-state index is 0.0189. The van der Waals surface area contributed by atoms with Gasteiger partial charge in [0.15, 0.2) is 0 Å². The molecule has 2 aromatic rings. The molecule has 2 amide bonds. The molecule has 172 valence electrons. The zero-order valence-electron chi connectivity index (χ0n) is 18.2. The maximum Gasteiger partial charge on any atom is 0.251 e. The molecular formula is C24H30Br2N4O2. The molecule has 1 fully saturated rings. The van der Waals surface area contributed by atoms with Gasteiger partial charge in [0.05, 0.1) is 0 Å². The molecular weight excluding hydrogens is 536 g/mol. The van der Waals surface area contributed by atoms with Crippen molar-refractivity contribution in [2.75, 3.05) is 52.4 Å². The minimum atomic E-state index is -0.0189. The van der Waals surface area contributed by atoms with Gasteiger partial charge in [0.2, 0.25) is 0 Å². The molecule has 2 aromatic carbocycles. The minimum Gasteiger partial charge on any atom is -0.352 e. The Bertz CT molecular complexity index is 793. The molecule has 0 spiro atoms. The van der Waals surface area contributed by atoms with E-state index in [1.807, 2.05) is 48.5 Å². The molecule has 0 saturated carbocycles. The third-order valence-electron chi connectivity index (χ3n) is 5.55. The topological polar surface area (TPSA) is 64.7 Å². The lowest BCUT2D eigenvalue weighted by Crippen LogP contribution is -2.47. The van der Waals surface area contributed by atoms with Crippen molar-refractivity contribution in [2.24, 2.45) is 0 Å². The van der Waals surface area contributed by atoms with E-state index in [-0.39, 0.29) is 11.8 Å². The molecule has 1 saturated heterocycles. The first-order valence-corrected chi connectivity index (χ1v) is 12.6. The van der Waals surface area contributed by atoms with Crippen LogP contribution in [0.25, 0.3) is 0 Å². The highest BCUT2D eigenvalue weighted by Crippen LogP contribution is 2.11. The third-order valence-corrected chi connectivity index (χ3v) is 6.61. The van der Waals surface area contributed by atoms with E-state index in [1.165, 1.54) is 0 Å². The van der Waals surface area contributed by atoms with Crippen LogP contribution >= 0.6 is 31.9 Å². The molecule has 2 N–H and O–H groups in total. The van der Waals surface area contributed by atoms with Crippen molar-refractivity contribution in [2.45, 2.75) is 12.8 Å². The molecule has 6 nitrogen and oxygen atoms in total. The summed E-state index contributed by atoms with van der Waals surface area (Å²) in [5.41, 5.74) is 1.38. The van der Waals surface area contributed by atoms with Gasteiger partial charge in [-0.1, -0.05) is 31.9 Å². The molecule has 1 heterocycles. The van der Waals surface area contributed by atoms with Crippen LogP contribution in [0, 0.1) is 0 Å². The Balaban J connectivity index is 1.22. The van der Waals surface area contributed by atoms with Gasteiger partial charge in [-0.15, -0.1) is 0 Å². The second kappa shape index (κ2) is 13.1. The molecule has 0 bridgehead atoms. The largest absolute Gasteiger partial charge is 0.352 e. The molecule has 1 aliphatic heterocycles. The summed E-state index contributed by atoms with van der Waals surface area (Å²) in [5, 5.41) is 5.99. The van der Waals surface area contributed by atoms with Gasteiger partial charge in [0.1, 0.15) is 0 Å². The Kier molecular flexibility index (Phi) is 10.2. The summed E-state index contributed by atoms with van der Waals surface area (Å²) in [5.74, 6) is -0.0379. The fourth-order valence-electron chi connectivity index (χ4n) is 3.65. The van der Waals surface area contributed by atoms with E-state index in [2.05, 4.69) is 52.3 Å². The number of nitrogens with one attached hydrogen (secondary N) is 2. The van der Waals surface area contributed by atoms with Gasteiger partial charge in [-0.25, -0.2) is 0 Å². The molecule has 0 aliphatic carbocycles. The van der Waals surface area contributed by atoms with Crippen LogP contribution in [0.5, 0.6) is 0 Å². The van der Waals surface area contributed by atoms with Crippen molar-refractivity contribution in [3.8, 4) is 0 Å². The van der Waals surface area contributed by atoms with Gasteiger partial charge in [0, 0.05) is 59.3 Å². The number of hydrogen-bond acceptors (Lipinski definition) is 4. The second-order valence-electron chi connectivity index (χ2n) is 7.92. The van der Waals surface area contributed by atoms with Crippen LogP contribution in [-0.4, -0.2) is 74.0 Å². The first-order valence-electron chi connectivity index (χ1n) is 11.0. The fourth-order valence-corrected chi connectivity index (χ4v) is 4.18. The van der Waals surface area contributed by atoms with Crippen molar-refractivity contribution in [3.05, 3.63) is 68.6 Å². The van der Waals surface area contributed by atoms with E-state index in [0.717, 1.165) is 61.1 Å². The van der Waals surface area contributed by atoms with Crippen molar-refractivity contribution in [3.63, 3.8) is 0 Å². The maximum atomic E-state index is 12.1. The third kappa shape index (κ3) is 8.31. The summed E-state index contributed by atoms with van der Waals surface area (Å²) in [6.45, 7) is 7.56. The highest BCUT2D eigenvalue weighted by atomic mass is 79.9. The number of nitrogens with zero attached hydrogens (tertiary/aromatic N) is 2. The first kappa shape index (κ1) is 24.9. The summed E-state index contributed by atoms with van der Waals surface area (Å²) in [6.07, 6.45) is 1.90. The lowest BCUT2D eigenvalue weighted by molar-refractivity contribution is 0.0935. The smallest absolute Gasteiger partial charge is 0.251 e. The summed E-state index contributed by atoms with van der Waals surface area (Å²) in [7, 11) is 0. The zero-order valence-corrected chi connectivity index (χ0v) is 21.3. The highest BCUT2D eigenvalue weighted by Gasteiger charge is 2.16. The first-order chi connectivity index (χ1) is 15.5. The number of carbonyl (C=O) groups is 2. The summed E-state index contributed by atoms with van der Waals surface area (Å²) in [6, 6.07) is 14.8. The van der Waals surface area contributed by atoms with Crippen LogP contribution < -0.4 is 10.6 Å². The van der Waals surface area contributed by atoms with Crippen LogP contribution in [0.3, 0.4) is 0 Å². The van der Waals surface area contributed by atoms with E-state index in [9.17, 15) is 9.59 Å². The normalized spacial score (nSPS) is 14.8. The van der Waals surface area contributed by atoms with E-state index in [0.29, 0.717) is 24.2 Å². The summed E-state index contributed by atoms with van der Waals surface area (Å²) < 4.78 is 1.94. The number of halogens is 2. The van der Waals surface area contributed by atoms with Crippen LogP contribution in [0.4, 0.5) is 0 Å². The number of rotatable bonds is 10. The van der Waals surface area contributed by atoms with Gasteiger partial charge in [0.25, 0.3) is 11.8 Å². The van der Waals surface area contributed by atoms with Gasteiger partial charge in [-0.2, -0.15) is 0 Å². The van der Waals surface area contributed by atoms with E-state index in [4.69, 9.17) is 0 Å². The lowest BCUT2D eigenvalue weighted by atomic mass is 10.2. The number of piperazine rings is 1. The van der Waals surface area contributed by atoms with E-state index < -0.39 is 0 Å². The van der Waals surface area contributed by atoms with E-state index >= 15 is 0 Å². The van der Waals surface area contributed by atoms with Gasteiger partial charge >= 0.3 is 0 Å². The molecule has 0 aromatic heterocycles. The van der Waals surface area contributed by atoms with Gasteiger partial charge in [-0.05, 0) is 74.5 Å². The van der Waals surface area contributed by atoms with Crippen LogP contribution in [-0.2, 0) is 0 Å². The Morgan fingerprint density at radius 3 is 1.34 bits per heavy atom. The van der Waals surface area contributed by atoms with Gasteiger partial charge < -0.3 is 20.4 Å². The predicted octanol–water partition coefficient (Wildman–Crippen LogP) is 3.77. The lowest BCUT2D eigenvalue weighted by Gasteiger charge is -2.34. The summed E-state index contributed by atoms with van der Waals surface area (Å²) in [4.78, 5) is 29.2. The summed E-state index contributed by atoms with van der Waals surface area (Å²) >= 11 is 6.76. The Labute approximate surface area is 207 Å². The highest BCUT2D eigenvalue weighted by molar-refractivity contribution is 9.10. The SMILES string of the molecule is O=C(NCCCN1CCN(CCCNC(=O)c2ccc(Br)cc2)CC1)c1ccc(Br)cc1. The monoisotopic (exact) mass is 564 g/mol. The average molecular weight is 566 g/mol. The van der Waals surface area contributed by atoms with Crippen LogP contribution in [0.2, 0.25) is 0 Å². The number of amides is 2. The van der Waals surface area contributed by atoms with Crippen molar-refractivity contribution < 1.29 is 9.59 Å². The molecule has 0 radical (unpaired) electrons. The van der Waals surface area contributed by atoms with Crippen molar-refractivity contribution in [1.82, 2.24) is 20.4 Å². The maximum absolute atomic E-state index is 12.1. The number of hydrogen-bond donors (Lipinski definition) is 2. The molecule has 0 unspecified atom stereocenters. The van der Waals surface area contributed by atoms with Crippen LogP contribution in [0.1, 0.15) is 33.6 Å². The molecule has 3 rings (SSSR count). The van der Waals surface area contributed by atoms with Crippen molar-refractivity contribution in [1.29, 1.82) is 0 Å². The standard InChI is InChI=1S/C24H30Br2N4O2/c25-21-7-3-19(4-8-21)23(31)27-11-1-13-29-15-17-30(18-16-29)14-2-12-28-24(32)20-5-9-22(26)10-6-20/h3-10H,1-2,11-18H2,(H,27,31)(H,28,32). The Hall–Kier alpha value is -1.74. The van der Waals surface area contributed by atoms with E-state index in [1.54, 1.807) is 0 Å². The quantitative estimate of drug-likeness (QED) is 0.430. The predicted molar refractivity (Wildman–Crippen MR) is 135 cm³/mol. The molecule has 8 heteroatoms. The fraction of sp³-hybridized carbons (Fsp3) is 0.417. The number of carbonyl (C=O) groups excluding carboxylic acids is 2. The Morgan fingerprint density at radius 1 is 0.656 bits per heavy atom. The number of benzene rings is 2. The van der Waals surface area contributed by atoms with Gasteiger partial charge in [-0.3, -0.25) is 9.59 Å². The average Bonchev–Trinajstić information content (AvgIpc) is 2.81. The van der Waals surface area contributed by atoms with Crippen molar-refractivity contribution >= 4 is 43.7 Å². The van der Waals surface area contributed by atoms with Crippen LogP contribution in [0.15, 0.2) is 57.5 Å². The zero-order chi connectivity index (χ0) is 22.8. The molecule has 1 aliphatic rings.